The molecule has 0 radical (unpaired) electrons. The number of amides is 2. The van der Waals surface area contributed by atoms with Gasteiger partial charge in [0.25, 0.3) is 5.91 Å². The van der Waals surface area contributed by atoms with Gasteiger partial charge in [-0.15, -0.1) is 0 Å². The fraction of sp³-hybridized carbons (Fsp3) is 0.625. The molecule has 21 heavy (non-hydrogen) atoms. The highest BCUT2D eigenvalue weighted by Crippen LogP contribution is 2.19. The first-order valence-electron chi connectivity index (χ1n) is 7.81. The van der Waals surface area contributed by atoms with Crippen LogP contribution in [0, 0.1) is 5.92 Å². The van der Waals surface area contributed by atoms with Crippen LogP contribution < -0.4 is 5.32 Å². The Morgan fingerprint density at radius 1 is 1.43 bits per heavy atom. The van der Waals surface area contributed by atoms with Gasteiger partial charge in [-0.25, -0.2) is 0 Å². The van der Waals surface area contributed by atoms with Gasteiger partial charge in [0, 0.05) is 19.6 Å². The van der Waals surface area contributed by atoms with E-state index in [-0.39, 0.29) is 17.7 Å². The maximum atomic E-state index is 12.3. The molecule has 1 N–H and O–H groups in total. The normalized spacial score (nSPS) is 18.5. The molecule has 1 aromatic heterocycles. The molecule has 0 bridgehead atoms. The lowest BCUT2D eigenvalue weighted by atomic mass is 9.96. The van der Waals surface area contributed by atoms with Crippen LogP contribution in [0.4, 0.5) is 0 Å². The van der Waals surface area contributed by atoms with Crippen LogP contribution in [-0.4, -0.2) is 36.3 Å². The van der Waals surface area contributed by atoms with Crippen LogP contribution in [-0.2, 0) is 4.79 Å². The second-order valence-electron chi connectivity index (χ2n) is 5.60. The van der Waals surface area contributed by atoms with Gasteiger partial charge in [0.2, 0.25) is 5.91 Å². The summed E-state index contributed by atoms with van der Waals surface area (Å²) in [6, 6.07) is 1.66. The van der Waals surface area contributed by atoms with Crippen LogP contribution >= 0.6 is 0 Å². The van der Waals surface area contributed by atoms with E-state index in [1.54, 1.807) is 11.0 Å². The highest BCUT2D eigenvalue weighted by atomic mass is 16.3. The molecule has 5 heteroatoms. The van der Waals surface area contributed by atoms with E-state index in [1.807, 2.05) is 0 Å². The predicted molar refractivity (Wildman–Crippen MR) is 79.9 cm³/mol. The lowest BCUT2D eigenvalue weighted by molar-refractivity contribution is -0.126. The second-order valence-corrected chi connectivity index (χ2v) is 5.60. The summed E-state index contributed by atoms with van der Waals surface area (Å²) in [7, 11) is 0. The van der Waals surface area contributed by atoms with Crippen LogP contribution in [0.5, 0.6) is 0 Å². The van der Waals surface area contributed by atoms with Gasteiger partial charge >= 0.3 is 0 Å². The smallest absolute Gasteiger partial charge is 0.257 e. The fourth-order valence-corrected chi connectivity index (χ4v) is 2.68. The van der Waals surface area contributed by atoms with Crippen molar-refractivity contribution >= 4 is 11.8 Å². The summed E-state index contributed by atoms with van der Waals surface area (Å²) in [4.78, 5) is 26.2. The molecule has 1 fully saturated rings. The third-order valence-corrected chi connectivity index (χ3v) is 3.93. The monoisotopic (exact) mass is 292 g/mol. The van der Waals surface area contributed by atoms with Crippen molar-refractivity contribution in [1.82, 2.24) is 10.2 Å². The molecule has 2 heterocycles. The maximum Gasteiger partial charge on any atom is 0.257 e. The number of piperidine rings is 1. The molecule has 1 unspecified atom stereocenters. The molecule has 2 rings (SSSR count). The molecular formula is C16H24N2O3. The summed E-state index contributed by atoms with van der Waals surface area (Å²) >= 11 is 0. The van der Waals surface area contributed by atoms with Crippen LogP contribution in [0.3, 0.4) is 0 Å². The molecule has 116 valence electrons. The number of nitrogens with one attached hydrogen (secondary N) is 1. The van der Waals surface area contributed by atoms with Crippen LogP contribution in [0.15, 0.2) is 23.0 Å². The number of rotatable bonds is 6. The summed E-state index contributed by atoms with van der Waals surface area (Å²) in [6.07, 6.45) is 7.98. The van der Waals surface area contributed by atoms with Crippen molar-refractivity contribution in [2.75, 3.05) is 19.6 Å². The average molecular weight is 292 g/mol. The first kappa shape index (κ1) is 15.6. The first-order valence-corrected chi connectivity index (χ1v) is 7.81. The van der Waals surface area contributed by atoms with E-state index in [0.29, 0.717) is 18.7 Å². The first-order chi connectivity index (χ1) is 10.2. The van der Waals surface area contributed by atoms with E-state index in [4.69, 9.17) is 4.42 Å². The van der Waals surface area contributed by atoms with Gasteiger partial charge in [0.05, 0.1) is 17.7 Å². The Bertz CT molecular complexity index is 456. The van der Waals surface area contributed by atoms with E-state index in [1.165, 1.54) is 12.5 Å². The van der Waals surface area contributed by atoms with E-state index in [9.17, 15) is 9.59 Å². The molecule has 0 saturated carbocycles. The van der Waals surface area contributed by atoms with Gasteiger partial charge in [-0.2, -0.15) is 0 Å². The summed E-state index contributed by atoms with van der Waals surface area (Å²) in [6.45, 7) is 4.09. The van der Waals surface area contributed by atoms with Crippen molar-refractivity contribution < 1.29 is 14.0 Å². The Morgan fingerprint density at radius 2 is 2.29 bits per heavy atom. The quantitative estimate of drug-likeness (QED) is 0.819. The third kappa shape index (κ3) is 4.34. The number of unbranched alkanes of at least 4 members (excludes halogenated alkanes) is 2. The zero-order valence-corrected chi connectivity index (χ0v) is 12.6. The van der Waals surface area contributed by atoms with E-state index in [2.05, 4.69) is 12.2 Å². The number of carbonyl (C=O) groups excluding carboxylic acids is 2. The predicted octanol–water partition coefficient (Wildman–Crippen LogP) is 2.44. The Morgan fingerprint density at radius 3 is 3.00 bits per heavy atom. The Kier molecular flexibility index (Phi) is 5.84. The summed E-state index contributed by atoms with van der Waals surface area (Å²) in [5, 5.41) is 2.99. The molecule has 0 spiro atoms. The number of hydrogen-bond acceptors (Lipinski definition) is 3. The lowest BCUT2D eigenvalue weighted by Gasteiger charge is -2.31. The van der Waals surface area contributed by atoms with Crippen molar-refractivity contribution in [2.45, 2.75) is 39.0 Å². The minimum Gasteiger partial charge on any atom is -0.472 e. The molecule has 1 saturated heterocycles. The number of nitrogens with zero attached hydrogens (tertiary/aromatic N) is 1. The third-order valence-electron chi connectivity index (χ3n) is 3.93. The Balaban J connectivity index is 1.83. The number of furan rings is 1. The number of likely N-dealkylation sites (tertiary alicyclic amines) is 1. The maximum absolute atomic E-state index is 12.3. The molecule has 1 aliphatic rings. The highest BCUT2D eigenvalue weighted by Gasteiger charge is 2.28. The molecule has 1 atom stereocenters. The molecule has 1 aliphatic heterocycles. The van der Waals surface area contributed by atoms with Crippen molar-refractivity contribution in [3.05, 3.63) is 24.2 Å². The molecule has 0 aromatic carbocycles. The van der Waals surface area contributed by atoms with Gasteiger partial charge in [0.15, 0.2) is 0 Å². The largest absolute Gasteiger partial charge is 0.472 e. The highest BCUT2D eigenvalue weighted by molar-refractivity contribution is 5.94. The minimum atomic E-state index is -0.0868. The lowest BCUT2D eigenvalue weighted by Crippen LogP contribution is -2.45. The van der Waals surface area contributed by atoms with Crippen LogP contribution in [0.2, 0.25) is 0 Å². The summed E-state index contributed by atoms with van der Waals surface area (Å²) < 4.78 is 4.95. The van der Waals surface area contributed by atoms with Crippen molar-refractivity contribution in [1.29, 1.82) is 0 Å². The molecular weight excluding hydrogens is 268 g/mol. The van der Waals surface area contributed by atoms with Gasteiger partial charge in [-0.3, -0.25) is 9.59 Å². The zero-order valence-electron chi connectivity index (χ0n) is 12.6. The van der Waals surface area contributed by atoms with E-state index < -0.39 is 0 Å². The molecule has 2 amide bonds. The van der Waals surface area contributed by atoms with E-state index in [0.717, 1.165) is 38.6 Å². The van der Waals surface area contributed by atoms with Gasteiger partial charge in [-0.1, -0.05) is 19.8 Å². The standard InChI is InChI=1S/C16H24N2O3/c1-2-3-4-8-17-15(19)13-6-5-9-18(11-13)16(20)14-7-10-21-12-14/h7,10,12-13H,2-6,8-9,11H2,1H3,(H,17,19). The van der Waals surface area contributed by atoms with Gasteiger partial charge in [0.1, 0.15) is 6.26 Å². The molecule has 5 nitrogen and oxygen atoms in total. The molecule has 0 aliphatic carbocycles. The SMILES string of the molecule is CCCCCNC(=O)C1CCCN(C(=O)c2ccoc2)C1. The van der Waals surface area contributed by atoms with Crippen LogP contribution in [0.1, 0.15) is 49.4 Å². The van der Waals surface area contributed by atoms with Crippen molar-refractivity contribution in [3.8, 4) is 0 Å². The van der Waals surface area contributed by atoms with Crippen molar-refractivity contribution in [3.63, 3.8) is 0 Å². The zero-order chi connectivity index (χ0) is 15.1. The fourth-order valence-electron chi connectivity index (χ4n) is 2.68. The Hall–Kier alpha value is -1.78. The van der Waals surface area contributed by atoms with Gasteiger partial charge < -0.3 is 14.6 Å². The average Bonchev–Trinajstić information content (AvgIpc) is 3.05. The topological polar surface area (TPSA) is 62.6 Å². The second kappa shape index (κ2) is 7.86. The molecule has 1 aromatic rings. The van der Waals surface area contributed by atoms with Crippen molar-refractivity contribution in [2.24, 2.45) is 5.92 Å². The number of hydrogen-bond donors (Lipinski definition) is 1. The van der Waals surface area contributed by atoms with E-state index >= 15 is 0 Å². The minimum absolute atomic E-state index is 0.0489. The summed E-state index contributed by atoms with van der Waals surface area (Å²) in [5.74, 6) is -0.0562. The Labute approximate surface area is 125 Å². The summed E-state index contributed by atoms with van der Waals surface area (Å²) in [5.41, 5.74) is 0.555. The number of carbonyl (C=O) groups is 2. The van der Waals surface area contributed by atoms with Gasteiger partial charge in [-0.05, 0) is 25.3 Å². The van der Waals surface area contributed by atoms with Crippen LogP contribution in [0.25, 0.3) is 0 Å².